The fourth-order valence-electron chi connectivity index (χ4n) is 4.60. The standard InChI is InChI=1S/C30H26N2O2/c1-19(21-11-5-3-6-12-21)31-25-17-9-15-23-27(25)29(33)24-16-10-18-26(28(24)30(23)34)32-20(2)22-13-7-4-8-14-22/h3-20,31-32H,1-2H3/t19-,20-/m1/s1. The molecule has 5 rings (SSSR count). The number of rotatable bonds is 6. The summed E-state index contributed by atoms with van der Waals surface area (Å²) >= 11 is 0. The number of carbonyl (C=O) groups is 2. The van der Waals surface area contributed by atoms with E-state index in [4.69, 9.17) is 0 Å². The normalized spacial score (nSPS) is 14.1. The van der Waals surface area contributed by atoms with Crippen LogP contribution in [-0.4, -0.2) is 11.6 Å². The largest absolute Gasteiger partial charge is 0.378 e. The number of fused-ring (bicyclic) bond motifs is 2. The number of hydrogen-bond donors (Lipinski definition) is 2. The van der Waals surface area contributed by atoms with E-state index in [1.807, 2.05) is 98.8 Å². The first kappa shape index (κ1) is 21.7. The molecule has 1 aliphatic rings. The van der Waals surface area contributed by atoms with Crippen LogP contribution < -0.4 is 10.6 Å². The van der Waals surface area contributed by atoms with Gasteiger partial charge in [-0.3, -0.25) is 9.59 Å². The zero-order chi connectivity index (χ0) is 23.7. The second kappa shape index (κ2) is 8.99. The molecule has 1 aliphatic carbocycles. The number of benzene rings is 4. The summed E-state index contributed by atoms with van der Waals surface area (Å²) in [6.45, 7) is 4.09. The van der Waals surface area contributed by atoms with Crippen molar-refractivity contribution in [2.75, 3.05) is 10.6 Å². The molecule has 4 aromatic rings. The van der Waals surface area contributed by atoms with Crippen LogP contribution in [0.25, 0.3) is 0 Å². The molecule has 168 valence electrons. The second-order valence-corrected chi connectivity index (χ2v) is 8.67. The van der Waals surface area contributed by atoms with Gasteiger partial charge in [0.05, 0.1) is 11.1 Å². The minimum atomic E-state index is -0.135. The van der Waals surface area contributed by atoms with Gasteiger partial charge in [0.2, 0.25) is 0 Å². The third kappa shape index (κ3) is 3.88. The first-order valence-electron chi connectivity index (χ1n) is 11.5. The van der Waals surface area contributed by atoms with Crippen molar-refractivity contribution in [3.8, 4) is 0 Å². The van der Waals surface area contributed by atoms with Crippen LogP contribution in [0.2, 0.25) is 0 Å². The Kier molecular flexibility index (Phi) is 5.72. The SMILES string of the molecule is C[C@@H](Nc1cccc2c1C(=O)c1cccc(N[C@H](C)c3ccccc3)c1C2=O)c1ccccc1. The highest BCUT2D eigenvalue weighted by atomic mass is 16.1. The van der Waals surface area contributed by atoms with Gasteiger partial charge in [0, 0.05) is 34.6 Å². The monoisotopic (exact) mass is 446 g/mol. The minimum absolute atomic E-state index is 0.0169. The zero-order valence-electron chi connectivity index (χ0n) is 19.2. The maximum absolute atomic E-state index is 13.7. The van der Waals surface area contributed by atoms with E-state index in [9.17, 15) is 9.59 Å². The maximum Gasteiger partial charge on any atom is 0.196 e. The van der Waals surface area contributed by atoms with Crippen LogP contribution in [0, 0.1) is 0 Å². The molecule has 0 fully saturated rings. The van der Waals surface area contributed by atoms with E-state index in [1.165, 1.54) is 0 Å². The molecule has 0 unspecified atom stereocenters. The molecule has 0 radical (unpaired) electrons. The van der Waals surface area contributed by atoms with Crippen molar-refractivity contribution in [3.63, 3.8) is 0 Å². The summed E-state index contributed by atoms with van der Waals surface area (Å²) in [5.41, 5.74) is 5.32. The summed E-state index contributed by atoms with van der Waals surface area (Å²) in [6.07, 6.45) is 0. The molecule has 0 aliphatic heterocycles. The van der Waals surface area contributed by atoms with Crippen LogP contribution in [0.3, 0.4) is 0 Å². The molecule has 4 aromatic carbocycles. The van der Waals surface area contributed by atoms with Gasteiger partial charge in [0.1, 0.15) is 0 Å². The van der Waals surface area contributed by atoms with E-state index in [-0.39, 0.29) is 23.7 Å². The van der Waals surface area contributed by atoms with E-state index >= 15 is 0 Å². The third-order valence-electron chi connectivity index (χ3n) is 6.42. The summed E-state index contributed by atoms with van der Waals surface area (Å²) < 4.78 is 0. The lowest BCUT2D eigenvalue weighted by Gasteiger charge is -2.26. The van der Waals surface area contributed by atoms with Crippen molar-refractivity contribution >= 4 is 22.9 Å². The molecule has 4 heteroatoms. The minimum Gasteiger partial charge on any atom is -0.378 e. The van der Waals surface area contributed by atoms with Crippen molar-refractivity contribution in [1.82, 2.24) is 0 Å². The van der Waals surface area contributed by atoms with Gasteiger partial charge in [-0.1, -0.05) is 84.9 Å². The predicted octanol–water partition coefficient (Wildman–Crippen LogP) is 6.81. The van der Waals surface area contributed by atoms with Crippen LogP contribution in [0.4, 0.5) is 11.4 Å². The summed E-state index contributed by atoms with van der Waals surface area (Å²) in [7, 11) is 0. The molecule has 0 saturated carbocycles. The molecule has 4 nitrogen and oxygen atoms in total. The van der Waals surface area contributed by atoms with Gasteiger partial charge in [0.25, 0.3) is 0 Å². The Balaban J connectivity index is 1.51. The fourth-order valence-corrected chi connectivity index (χ4v) is 4.60. The number of anilines is 2. The smallest absolute Gasteiger partial charge is 0.196 e. The fraction of sp³-hybridized carbons (Fsp3) is 0.133. The number of ketones is 2. The predicted molar refractivity (Wildman–Crippen MR) is 137 cm³/mol. The topological polar surface area (TPSA) is 58.2 Å². The van der Waals surface area contributed by atoms with Gasteiger partial charge < -0.3 is 10.6 Å². The van der Waals surface area contributed by atoms with Crippen molar-refractivity contribution in [2.24, 2.45) is 0 Å². The Morgan fingerprint density at radius 3 is 1.26 bits per heavy atom. The zero-order valence-corrected chi connectivity index (χ0v) is 19.2. The number of nitrogens with one attached hydrogen (secondary N) is 2. The average Bonchev–Trinajstić information content (AvgIpc) is 2.88. The van der Waals surface area contributed by atoms with Gasteiger partial charge in [-0.05, 0) is 37.1 Å². The number of carbonyl (C=O) groups excluding carboxylic acids is 2. The maximum atomic E-state index is 13.7. The van der Waals surface area contributed by atoms with E-state index < -0.39 is 0 Å². The molecular weight excluding hydrogens is 420 g/mol. The molecule has 0 spiro atoms. The quantitative estimate of drug-likeness (QED) is 0.301. The summed E-state index contributed by atoms with van der Waals surface area (Å²) in [6, 6.07) is 30.9. The lowest BCUT2D eigenvalue weighted by atomic mass is 9.82. The van der Waals surface area contributed by atoms with E-state index in [1.54, 1.807) is 12.1 Å². The van der Waals surface area contributed by atoms with Crippen molar-refractivity contribution < 1.29 is 9.59 Å². The van der Waals surface area contributed by atoms with Gasteiger partial charge in [-0.2, -0.15) is 0 Å². The number of hydrogen-bond acceptors (Lipinski definition) is 4. The van der Waals surface area contributed by atoms with Gasteiger partial charge in [-0.15, -0.1) is 0 Å². The van der Waals surface area contributed by atoms with Crippen LogP contribution in [-0.2, 0) is 0 Å². The Hall–Kier alpha value is -4.18. The molecule has 2 N–H and O–H groups in total. The molecule has 2 atom stereocenters. The summed E-state index contributed by atoms with van der Waals surface area (Å²) in [5, 5.41) is 6.90. The lowest BCUT2D eigenvalue weighted by Crippen LogP contribution is -2.24. The first-order chi connectivity index (χ1) is 16.5. The Morgan fingerprint density at radius 2 is 0.882 bits per heavy atom. The van der Waals surface area contributed by atoms with Crippen LogP contribution in [0.15, 0.2) is 97.1 Å². The van der Waals surface area contributed by atoms with E-state index in [0.29, 0.717) is 33.6 Å². The highest BCUT2D eigenvalue weighted by Crippen LogP contribution is 2.37. The molecule has 0 saturated heterocycles. The second-order valence-electron chi connectivity index (χ2n) is 8.67. The van der Waals surface area contributed by atoms with Crippen LogP contribution in [0.5, 0.6) is 0 Å². The van der Waals surface area contributed by atoms with Gasteiger partial charge >= 0.3 is 0 Å². The highest BCUT2D eigenvalue weighted by Gasteiger charge is 2.34. The van der Waals surface area contributed by atoms with Crippen LogP contribution >= 0.6 is 0 Å². The Labute approximate surface area is 199 Å². The summed E-state index contributed by atoms with van der Waals surface area (Å²) in [5.74, 6) is -0.270. The van der Waals surface area contributed by atoms with Crippen molar-refractivity contribution in [3.05, 3.63) is 130 Å². The molecule has 34 heavy (non-hydrogen) atoms. The molecule has 0 bridgehead atoms. The lowest BCUT2D eigenvalue weighted by molar-refractivity contribution is 0.0980. The summed E-state index contributed by atoms with van der Waals surface area (Å²) in [4.78, 5) is 27.4. The molecule has 0 aromatic heterocycles. The highest BCUT2D eigenvalue weighted by molar-refractivity contribution is 6.31. The van der Waals surface area contributed by atoms with Gasteiger partial charge in [-0.25, -0.2) is 0 Å². The van der Waals surface area contributed by atoms with Crippen molar-refractivity contribution in [1.29, 1.82) is 0 Å². The third-order valence-corrected chi connectivity index (χ3v) is 6.42. The van der Waals surface area contributed by atoms with Crippen molar-refractivity contribution in [2.45, 2.75) is 25.9 Å². The molecular formula is C30H26N2O2. The first-order valence-corrected chi connectivity index (χ1v) is 11.5. The van der Waals surface area contributed by atoms with Gasteiger partial charge in [0.15, 0.2) is 11.6 Å². The van der Waals surface area contributed by atoms with Crippen LogP contribution in [0.1, 0.15) is 68.9 Å². The molecule has 0 amide bonds. The van der Waals surface area contributed by atoms with E-state index in [2.05, 4.69) is 10.6 Å². The Morgan fingerprint density at radius 1 is 0.500 bits per heavy atom. The Bertz CT molecular complexity index is 1260. The van der Waals surface area contributed by atoms with E-state index in [0.717, 1.165) is 11.1 Å². The molecule has 0 heterocycles. The average molecular weight is 447 g/mol.